The molecule has 118 valence electrons. The minimum absolute atomic E-state index is 0.0271. The van der Waals surface area contributed by atoms with Crippen molar-refractivity contribution in [2.75, 3.05) is 0 Å². The molecule has 0 aromatic heterocycles. The Balaban J connectivity index is 2.17. The minimum atomic E-state index is -0.172. The number of rotatable bonds is 0. The smallest absolute Gasteiger partial charge is 0.0602 e. The van der Waals surface area contributed by atoms with Crippen LogP contribution in [0.3, 0.4) is 0 Å². The number of hydrogen-bond donors (Lipinski definition) is 1. The molecule has 3 aliphatic rings. The first kappa shape index (κ1) is 16.5. The van der Waals surface area contributed by atoms with Crippen molar-refractivity contribution in [3.05, 3.63) is 35.5 Å². The van der Waals surface area contributed by atoms with Crippen molar-refractivity contribution in [2.24, 2.45) is 11.3 Å². The zero-order valence-corrected chi connectivity index (χ0v) is 14.1. The topological polar surface area (TPSA) is 20.2 Å². The molecule has 1 nitrogen and oxygen atoms in total. The summed E-state index contributed by atoms with van der Waals surface area (Å²) in [5.41, 5.74) is 4.38. The van der Waals surface area contributed by atoms with Crippen molar-refractivity contribution in [2.45, 2.75) is 78.2 Å². The molecule has 0 aromatic rings. The molecule has 3 rings (SSSR count). The van der Waals surface area contributed by atoms with Gasteiger partial charge in [-0.05, 0) is 76.5 Å². The summed E-state index contributed by atoms with van der Waals surface area (Å²) < 4.78 is 0. The Morgan fingerprint density at radius 2 is 1.81 bits per heavy atom. The summed E-state index contributed by atoms with van der Waals surface area (Å²) in [5, 5.41) is 10.6. The van der Waals surface area contributed by atoms with Crippen molar-refractivity contribution in [1.82, 2.24) is 0 Å². The van der Waals surface area contributed by atoms with Gasteiger partial charge in [0.1, 0.15) is 0 Å². The standard InChI is InChI=1S/C20H32O/c1-15-7-5-8-16(2)10-11-18-13-19(21)20(4,12-6-9-15)14-17(18)3/h8-9,18-19,21H,3,5-7,10-14H2,1-2,4H3. The van der Waals surface area contributed by atoms with Gasteiger partial charge in [-0.3, -0.25) is 0 Å². The Hall–Kier alpha value is -0.820. The highest BCUT2D eigenvalue weighted by atomic mass is 16.3. The fourth-order valence-corrected chi connectivity index (χ4v) is 3.88. The van der Waals surface area contributed by atoms with Crippen LogP contribution in [0, 0.1) is 11.3 Å². The van der Waals surface area contributed by atoms with Gasteiger partial charge in [-0.1, -0.05) is 42.4 Å². The molecule has 1 heteroatoms. The van der Waals surface area contributed by atoms with E-state index in [1.165, 1.54) is 29.6 Å². The molecule has 3 unspecified atom stereocenters. The Kier molecular flexibility index (Phi) is 5.48. The third-order valence-corrected chi connectivity index (χ3v) is 5.65. The summed E-state index contributed by atoms with van der Waals surface area (Å²) in [5.74, 6) is 0.511. The van der Waals surface area contributed by atoms with Gasteiger partial charge in [-0.2, -0.15) is 0 Å². The van der Waals surface area contributed by atoms with Gasteiger partial charge < -0.3 is 5.11 Å². The van der Waals surface area contributed by atoms with Crippen molar-refractivity contribution < 1.29 is 5.11 Å². The fraction of sp³-hybridized carbons (Fsp3) is 0.700. The quantitative estimate of drug-likeness (QED) is 0.578. The van der Waals surface area contributed by atoms with Gasteiger partial charge in [0.15, 0.2) is 0 Å². The van der Waals surface area contributed by atoms with E-state index in [-0.39, 0.29) is 11.5 Å². The zero-order chi connectivity index (χ0) is 15.5. The first-order valence-electron chi connectivity index (χ1n) is 8.58. The van der Waals surface area contributed by atoms with Gasteiger partial charge in [0.2, 0.25) is 0 Å². The maximum Gasteiger partial charge on any atom is 0.0602 e. The van der Waals surface area contributed by atoms with E-state index in [9.17, 15) is 5.11 Å². The molecular formula is C20H32O. The van der Waals surface area contributed by atoms with E-state index in [1.54, 1.807) is 0 Å². The van der Waals surface area contributed by atoms with E-state index < -0.39 is 0 Å². The molecule has 2 bridgehead atoms. The van der Waals surface area contributed by atoms with Crippen LogP contribution in [0.25, 0.3) is 0 Å². The first-order chi connectivity index (χ1) is 9.90. The van der Waals surface area contributed by atoms with E-state index >= 15 is 0 Å². The Bertz CT molecular complexity index is 443. The average Bonchev–Trinajstić information content (AvgIpc) is 2.40. The van der Waals surface area contributed by atoms with Crippen LogP contribution in [0.15, 0.2) is 35.5 Å². The predicted molar refractivity (Wildman–Crippen MR) is 91.2 cm³/mol. The molecule has 21 heavy (non-hydrogen) atoms. The number of aliphatic hydroxyl groups excluding tert-OH is 1. The van der Waals surface area contributed by atoms with E-state index in [0.717, 1.165) is 38.5 Å². The molecule has 1 fully saturated rings. The molecule has 1 N–H and O–H groups in total. The second-order valence-electron chi connectivity index (χ2n) is 7.65. The first-order valence-corrected chi connectivity index (χ1v) is 8.58. The maximum atomic E-state index is 10.6. The Morgan fingerprint density at radius 1 is 1.14 bits per heavy atom. The van der Waals surface area contributed by atoms with E-state index in [0.29, 0.717) is 5.92 Å². The zero-order valence-electron chi connectivity index (χ0n) is 14.1. The normalized spacial score (nSPS) is 35.9. The Labute approximate surface area is 130 Å². The largest absolute Gasteiger partial charge is 0.393 e. The highest BCUT2D eigenvalue weighted by molar-refractivity contribution is 5.14. The lowest BCUT2D eigenvalue weighted by Crippen LogP contribution is -2.39. The van der Waals surface area contributed by atoms with Crippen molar-refractivity contribution >= 4 is 0 Å². The van der Waals surface area contributed by atoms with E-state index in [1.807, 2.05) is 0 Å². The molecule has 0 spiro atoms. The summed E-state index contributed by atoms with van der Waals surface area (Å²) in [6.07, 6.45) is 13.3. The van der Waals surface area contributed by atoms with Crippen LogP contribution in [0.4, 0.5) is 0 Å². The molecule has 0 heterocycles. The third-order valence-electron chi connectivity index (χ3n) is 5.65. The molecule has 3 atom stereocenters. The lowest BCUT2D eigenvalue weighted by molar-refractivity contribution is -0.00476. The highest BCUT2D eigenvalue weighted by Gasteiger charge is 2.39. The van der Waals surface area contributed by atoms with Gasteiger partial charge in [0.05, 0.1) is 6.10 Å². The van der Waals surface area contributed by atoms with Gasteiger partial charge in [-0.25, -0.2) is 0 Å². The number of aliphatic hydroxyl groups is 1. The monoisotopic (exact) mass is 288 g/mol. The molecule has 0 aliphatic heterocycles. The van der Waals surface area contributed by atoms with Gasteiger partial charge in [0.25, 0.3) is 0 Å². The van der Waals surface area contributed by atoms with Crippen LogP contribution < -0.4 is 0 Å². The van der Waals surface area contributed by atoms with Crippen LogP contribution in [0.2, 0.25) is 0 Å². The Morgan fingerprint density at radius 3 is 2.57 bits per heavy atom. The van der Waals surface area contributed by atoms with Crippen molar-refractivity contribution in [1.29, 1.82) is 0 Å². The molecule has 1 saturated carbocycles. The van der Waals surface area contributed by atoms with Crippen molar-refractivity contribution in [3.8, 4) is 0 Å². The van der Waals surface area contributed by atoms with Crippen molar-refractivity contribution in [3.63, 3.8) is 0 Å². The van der Waals surface area contributed by atoms with Gasteiger partial charge in [0, 0.05) is 0 Å². The summed E-state index contributed by atoms with van der Waals surface area (Å²) in [7, 11) is 0. The van der Waals surface area contributed by atoms with E-state index in [2.05, 4.69) is 39.5 Å². The van der Waals surface area contributed by atoms with Crippen LogP contribution in [-0.2, 0) is 0 Å². The number of fused-ring (bicyclic) bond motifs is 9. The fourth-order valence-electron chi connectivity index (χ4n) is 3.88. The molecule has 0 amide bonds. The SMILES string of the molecule is C=C1CC2(C)CCC=C(C)CCC=C(C)CCC1CC2O. The van der Waals surface area contributed by atoms with Gasteiger partial charge in [-0.15, -0.1) is 0 Å². The number of hydrogen-bond acceptors (Lipinski definition) is 1. The molecular weight excluding hydrogens is 256 g/mol. The summed E-state index contributed by atoms with van der Waals surface area (Å²) in [6.45, 7) is 11.1. The lowest BCUT2D eigenvalue weighted by atomic mass is 9.64. The van der Waals surface area contributed by atoms with E-state index in [4.69, 9.17) is 0 Å². The third kappa shape index (κ3) is 4.32. The average molecular weight is 288 g/mol. The molecule has 0 aromatic carbocycles. The second kappa shape index (κ2) is 6.96. The second-order valence-corrected chi connectivity index (χ2v) is 7.65. The lowest BCUT2D eigenvalue weighted by Gasteiger charge is -2.43. The van der Waals surface area contributed by atoms with Crippen LogP contribution in [-0.4, -0.2) is 11.2 Å². The predicted octanol–water partition coefficient (Wildman–Crippen LogP) is 5.57. The summed E-state index contributed by atoms with van der Waals surface area (Å²) in [6, 6.07) is 0. The van der Waals surface area contributed by atoms with Crippen LogP contribution >= 0.6 is 0 Å². The molecule has 0 radical (unpaired) electrons. The maximum absolute atomic E-state index is 10.6. The van der Waals surface area contributed by atoms with Gasteiger partial charge >= 0.3 is 0 Å². The molecule has 0 saturated heterocycles. The highest BCUT2D eigenvalue weighted by Crippen LogP contribution is 2.46. The minimum Gasteiger partial charge on any atom is -0.393 e. The summed E-state index contributed by atoms with van der Waals surface area (Å²) in [4.78, 5) is 0. The van der Waals surface area contributed by atoms with Crippen LogP contribution in [0.5, 0.6) is 0 Å². The summed E-state index contributed by atoms with van der Waals surface area (Å²) >= 11 is 0. The number of allylic oxidation sites excluding steroid dienone is 5. The van der Waals surface area contributed by atoms with Crippen LogP contribution in [0.1, 0.15) is 72.1 Å². The molecule has 3 aliphatic carbocycles.